The number of allylic oxidation sites excluding steroid dienone is 1. The Morgan fingerprint density at radius 3 is 2.71 bits per heavy atom. The van der Waals surface area contributed by atoms with Crippen LogP contribution in [0.5, 0.6) is 0 Å². The third-order valence-corrected chi connectivity index (χ3v) is 4.50. The second kappa shape index (κ2) is 7.21. The molecule has 0 saturated heterocycles. The van der Waals surface area contributed by atoms with Crippen molar-refractivity contribution in [1.29, 1.82) is 0 Å². The number of carbonyl (C=O) groups excluding carboxylic acids is 1. The quantitative estimate of drug-likeness (QED) is 0.440. The maximum atomic E-state index is 12.4. The second-order valence-electron chi connectivity index (χ2n) is 6.15. The van der Waals surface area contributed by atoms with Gasteiger partial charge in [0, 0.05) is 24.1 Å². The second-order valence-corrected chi connectivity index (χ2v) is 6.15. The molecule has 3 rings (SSSR count). The predicted octanol–water partition coefficient (Wildman–Crippen LogP) is 5.05. The highest BCUT2D eigenvalue weighted by atomic mass is 16.6. The number of rotatable bonds is 5. The highest BCUT2D eigenvalue weighted by Gasteiger charge is 2.24. The molecule has 0 aliphatic heterocycles. The molecule has 4 heteroatoms. The van der Waals surface area contributed by atoms with Crippen LogP contribution in [0, 0.1) is 16.0 Å². The standard InChI is InChI=1S/C20H19NO3/c22-20(16-7-2-1-3-8-16)14-18-10-5-9-17(18)12-15-6-4-11-19(13-15)21(23)24/h1-4,6-8,11-13,18H,5,9-10,14H2/b17-12+. The fourth-order valence-corrected chi connectivity index (χ4v) is 3.27. The van der Waals surface area contributed by atoms with Gasteiger partial charge in [0.15, 0.2) is 5.78 Å². The normalized spacial score (nSPS) is 18.7. The molecule has 1 fully saturated rings. The summed E-state index contributed by atoms with van der Waals surface area (Å²) in [5.41, 5.74) is 2.90. The van der Waals surface area contributed by atoms with Gasteiger partial charge in [0.05, 0.1) is 4.92 Å². The molecule has 122 valence electrons. The maximum Gasteiger partial charge on any atom is 0.270 e. The van der Waals surface area contributed by atoms with Gasteiger partial charge in [0.2, 0.25) is 0 Å². The molecule has 0 heterocycles. The molecule has 24 heavy (non-hydrogen) atoms. The molecule has 2 aromatic rings. The molecule has 0 spiro atoms. The van der Waals surface area contributed by atoms with Gasteiger partial charge >= 0.3 is 0 Å². The van der Waals surface area contributed by atoms with Crippen LogP contribution in [0.2, 0.25) is 0 Å². The summed E-state index contributed by atoms with van der Waals surface area (Å²) in [5.74, 6) is 0.393. The molecule has 0 aromatic heterocycles. The fourth-order valence-electron chi connectivity index (χ4n) is 3.27. The highest BCUT2D eigenvalue weighted by molar-refractivity contribution is 5.96. The monoisotopic (exact) mass is 321 g/mol. The van der Waals surface area contributed by atoms with Gasteiger partial charge in [-0.15, -0.1) is 0 Å². The van der Waals surface area contributed by atoms with Crippen LogP contribution < -0.4 is 0 Å². The van der Waals surface area contributed by atoms with Crippen molar-refractivity contribution in [2.75, 3.05) is 0 Å². The van der Waals surface area contributed by atoms with Gasteiger partial charge in [-0.3, -0.25) is 14.9 Å². The van der Waals surface area contributed by atoms with E-state index in [0.717, 1.165) is 30.4 Å². The van der Waals surface area contributed by atoms with Crippen LogP contribution in [0.15, 0.2) is 60.2 Å². The maximum absolute atomic E-state index is 12.4. The molecule has 0 radical (unpaired) electrons. The van der Waals surface area contributed by atoms with Gasteiger partial charge in [0.1, 0.15) is 0 Å². The SMILES string of the molecule is O=C(CC1CCC/C1=C\c1cccc([N+](=O)[O-])c1)c1ccccc1. The van der Waals surface area contributed by atoms with E-state index in [1.54, 1.807) is 12.1 Å². The minimum absolute atomic E-state index is 0.0965. The van der Waals surface area contributed by atoms with Crippen LogP contribution in [0.4, 0.5) is 5.69 Å². The zero-order chi connectivity index (χ0) is 16.9. The van der Waals surface area contributed by atoms with Gasteiger partial charge in [0.25, 0.3) is 5.69 Å². The van der Waals surface area contributed by atoms with Crippen molar-refractivity contribution in [3.05, 3.63) is 81.4 Å². The Labute approximate surface area is 141 Å². The van der Waals surface area contributed by atoms with Crippen molar-refractivity contribution in [2.24, 2.45) is 5.92 Å². The molecule has 1 atom stereocenters. The van der Waals surface area contributed by atoms with E-state index in [-0.39, 0.29) is 22.3 Å². The van der Waals surface area contributed by atoms with Gasteiger partial charge in [-0.05, 0) is 30.7 Å². The Morgan fingerprint density at radius 1 is 1.17 bits per heavy atom. The summed E-state index contributed by atoms with van der Waals surface area (Å²) in [4.78, 5) is 22.9. The van der Waals surface area contributed by atoms with Crippen LogP contribution in [-0.4, -0.2) is 10.7 Å². The van der Waals surface area contributed by atoms with Crippen LogP contribution >= 0.6 is 0 Å². The van der Waals surface area contributed by atoms with Crippen molar-refractivity contribution in [1.82, 2.24) is 0 Å². The summed E-state index contributed by atoms with van der Waals surface area (Å²) >= 11 is 0. The Balaban J connectivity index is 1.77. The van der Waals surface area contributed by atoms with E-state index in [1.165, 1.54) is 11.6 Å². The van der Waals surface area contributed by atoms with Gasteiger partial charge in [-0.25, -0.2) is 0 Å². The Kier molecular flexibility index (Phi) is 4.85. The number of Topliss-reactive ketones (excluding diaryl/α,β-unsaturated/α-hetero) is 1. The Morgan fingerprint density at radius 2 is 1.96 bits per heavy atom. The van der Waals surface area contributed by atoms with E-state index >= 15 is 0 Å². The summed E-state index contributed by atoms with van der Waals surface area (Å²) in [6, 6.07) is 16.0. The van der Waals surface area contributed by atoms with Crippen molar-refractivity contribution in [3.8, 4) is 0 Å². The molecular formula is C20H19NO3. The van der Waals surface area contributed by atoms with Crippen molar-refractivity contribution in [3.63, 3.8) is 0 Å². The molecule has 4 nitrogen and oxygen atoms in total. The first kappa shape index (κ1) is 16.1. The predicted molar refractivity (Wildman–Crippen MR) is 93.8 cm³/mol. The molecule has 1 unspecified atom stereocenters. The third kappa shape index (κ3) is 3.77. The van der Waals surface area contributed by atoms with Crippen LogP contribution in [-0.2, 0) is 0 Å². The number of hydrogen-bond acceptors (Lipinski definition) is 3. The van der Waals surface area contributed by atoms with Gasteiger partial charge in [-0.1, -0.05) is 54.1 Å². The summed E-state index contributed by atoms with van der Waals surface area (Å²) in [7, 11) is 0. The average Bonchev–Trinajstić information content (AvgIpc) is 3.02. The van der Waals surface area contributed by atoms with E-state index in [4.69, 9.17) is 0 Å². The first-order valence-corrected chi connectivity index (χ1v) is 8.16. The summed E-state index contributed by atoms with van der Waals surface area (Å²) in [5, 5.41) is 10.9. The lowest BCUT2D eigenvalue weighted by Gasteiger charge is -2.11. The summed E-state index contributed by atoms with van der Waals surface area (Å²) in [6.45, 7) is 0. The lowest BCUT2D eigenvalue weighted by Crippen LogP contribution is -2.07. The molecule has 0 bridgehead atoms. The summed E-state index contributed by atoms with van der Waals surface area (Å²) < 4.78 is 0. The van der Waals surface area contributed by atoms with E-state index in [9.17, 15) is 14.9 Å². The topological polar surface area (TPSA) is 60.2 Å². The van der Waals surface area contributed by atoms with Crippen LogP contribution in [0.3, 0.4) is 0 Å². The largest absolute Gasteiger partial charge is 0.294 e. The minimum atomic E-state index is -0.382. The van der Waals surface area contributed by atoms with Crippen molar-refractivity contribution < 1.29 is 9.72 Å². The summed E-state index contributed by atoms with van der Waals surface area (Å²) in [6.07, 6.45) is 5.54. The van der Waals surface area contributed by atoms with E-state index < -0.39 is 0 Å². The number of nitro groups is 1. The fraction of sp³-hybridized carbons (Fsp3) is 0.250. The van der Waals surface area contributed by atoms with E-state index in [0.29, 0.717) is 6.42 Å². The zero-order valence-corrected chi connectivity index (χ0v) is 13.4. The van der Waals surface area contributed by atoms with Crippen molar-refractivity contribution in [2.45, 2.75) is 25.7 Å². The number of nitro benzene ring substituents is 1. The van der Waals surface area contributed by atoms with Gasteiger partial charge in [-0.2, -0.15) is 0 Å². The van der Waals surface area contributed by atoms with E-state index in [1.807, 2.05) is 42.5 Å². The number of non-ortho nitro benzene ring substituents is 1. The van der Waals surface area contributed by atoms with E-state index in [2.05, 4.69) is 0 Å². The number of nitrogens with zero attached hydrogens (tertiary/aromatic N) is 1. The van der Waals surface area contributed by atoms with Crippen LogP contribution in [0.25, 0.3) is 6.08 Å². The number of benzene rings is 2. The number of ketones is 1. The third-order valence-electron chi connectivity index (χ3n) is 4.50. The minimum Gasteiger partial charge on any atom is -0.294 e. The molecule has 1 saturated carbocycles. The smallest absolute Gasteiger partial charge is 0.270 e. The first-order chi connectivity index (χ1) is 11.6. The Hall–Kier alpha value is -2.75. The number of hydrogen-bond donors (Lipinski definition) is 0. The first-order valence-electron chi connectivity index (χ1n) is 8.16. The van der Waals surface area contributed by atoms with Crippen LogP contribution in [0.1, 0.15) is 41.6 Å². The number of carbonyl (C=O) groups is 1. The molecule has 0 amide bonds. The molecule has 1 aliphatic carbocycles. The Bertz CT molecular complexity index is 780. The lowest BCUT2D eigenvalue weighted by molar-refractivity contribution is -0.384. The molecular weight excluding hydrogens is 302 g/mol. The van der Waals surface area contributed by atoms with Gasteiger partial charge < -0.3 is 0 Å². The average molecular weight is 321 g/mol. The molecule has 2 aromatic carbocycles. The highest BCUT2D eigenvalue weighted by Crippen LogP contribution is 2.36. The molecule has 0 N–H and O–H groups in total. The lowest BCUT2D eigenvalue weighted by atomic mass is 9.92. The molecule has 1 aliphatic rings. The zero-order valence-electron chi connectivity index (χ0n) is 13.4. The van der Waals surface area contributed by atoms with Crippen molar-refractivity contribution >= 4 is 17.5 Å².